The standard InChI is InChI=1S/C12H10F3N3O3S/c13-12(14,15)9-4-1-7(5-16-9)11-17-10(21-18-11)6-22(19,20)8-2-3-8/h1,4-5,8H,2-3,6H2. The molecule has 0 aliphatic heterocycles. The van der Waals surface area contributed by atoms with E-state index in [1.807, 2.05) is 0 Å². The van der Waals surface area contributed by atoms with Crippen LogP contribution in [-0.2, 0) is 21.8 Å². The first-order chi connectivity index (χ1) is 10.3. The van der Waals surface area contributed by atoms with Gasteiger partial charge in [-0.05, 0) is 25.0 Å². The van der Waals surface area contributed by atoms with E-state index in [2.05, 4.69) is 15.1 Å². The molecule has 3 rings (SSSR count). The zero-order valence-electron chi connectivity index (χ0n) is 11.0. The molecule has 0 atom stereocenters. The molecule has 118 valence electrons. The molecule has 2 aromatic rings. The summed E-state index contributed by atoms with van der Waals surface area (Å²) in [5, 5.41) is 3.22. The highest BCUT2D eigenvalue weighted by molar-refractivity contribution is 7.91. The lowest BCUT2D eigenvalue weighted by molar-refractivity contribution is -0.141. The number of alkyl halides is 3. The van der Waals surface area contributed by atoms with Crippen LogP contribution in [0.3, 0.4) is 0 Å². The Morgan fingerprint density at radius 1 is 1.27 bits per heavy atom. The molecule has 0 saturated heterocycles. The summed E-state index contributed by atoms with van der Waals surface area (Å²) in [6.45, 7) is 0. The van der Waals surface area contributed by atoms with Gasteiger partial charge >= 0.3 is 6.18 Å². The van der Waals surface area contributed by atoms with Crippen LogP contribution in [0.1, 0.15) is 24.4 Å². The molecule has 1 fully saturated rings. The first kappa shape index (κ1) is 14.9. The van der Waals surface area contributed by atoms with E-state index in [1.165, 1.54) is 0 Å². The van der Waals surface area contributed by atoms with Crippen LogP contribution in [0.25, 0.3) is 11.4 Å². The smallest absolute Gasteiger partial charge is 0.338 e. The summed E-state index contributed by atoms with van der Waals surface area (Å²) in [7, 11) is -3.30. The number of rotatable bonds is 4. The third-order valence-electron chi connectivity index (χ3n) is 3.14. The summed E-state index contributed by atoms with van der Waals surface area (Å²) in [6.07, 6.45) is -2.30. The second-order valence-corrected chi connectivity index (χ2v) is 7.23. The molecule has 0 bridgehead atoms. The minimum absolute atomic E-state index is 0.00206. The van der Waals surface area contributed by atoms with E-state index in [1.54, 1.807) is 0 Å². The Kier molecular flexibility index (Phi) is 3.42. The number of aromatic nitrogens is 3. The molecule has 0 unspecified atom stereocenters. The van der Waals surface area contributed by atoms with Gasteiger partial charge in [0.25, 0.3) is 0 Å². The van der Waals surface area contributed by atoms with Crippen LogP contribution in [-0.4, -0.2) is 28.8 Å². The highest BCUT2D eigenvalue weighted by Gasteiger charge is 2.37. The molecule has 10 heteroatoms. The largest absolute Gasteiger partial charge is 0.433 e. The number of hydrogen-bond acceptors (Lipinski definition) is 6. The van der Waals surface area contributed by atoms with Gasteiger partial charge in [-0.2, -0.15) is 18.2 Å². The van der Waals surface area contributed by atoms with Crippen LogP contribution < -0.4 is 0 Å². The van der Waals surface area contributed by atoms with Crippen LogP contribution in [0.4, 0.5) is 13.2 Å². The van der Waals surface area contributed by atoms with Crippen molar-refractivity contribution in [2.45, 2.75) is 30.0 Å². The first-order valence-corrected chi connectivity index (χ1v) is 8.05. The van der Waals surface area contributed by atoms with Gasteiger partial charge < -0.3 is 4.52 Å². The van der Waals surface area contributed by atoms with Gasteiger partial charge in [0.05, 0.1) is 5.25 Å². The zero-order valence-corrected chi connectivity index (χ0v) is 11.9. The quantitative estimate of drug-likeness (QED) is 0.853. The van der Waals surface area contributed by atoms with Crippen LogP contribution in [0.15, 0.2) is 22.9 Å². The van der Waals surface area contributed by atoms with E-state index in [-0.39, 0.29) is 28.3 Å². The fraction of sp³-hybridized carbons (Fsp3) is 0.417. The minimum atomic E-state index is -4.53. The van der Waals surface area contributed by atoms with Gasteiger partial charge in [0.1, 0.15) is 11.4 Å². The number of sulfone groups is 1. The molecule has 1 aliphatic rings. The summed E-state index contributed by atoms with van der Waals surface area (Å²) < 4.78 is 65.7. The molecular weight excluding hydrogens is 323 g/mol. The van der Waals surface area contributed by atoms with Gasteiger partial charge in [-0.15, -0.1) is 0 Å². The Bertz CT molecular complexity index is 780. The third kappa shape index (κ3) is 3.11. The van der Waals surface area contributed by atoms with Crippen molar-refractivity contribution >= 4 is 9.84 Å². The third-order valence-corrected chi connectivity index (χ3v) is 5.27. The predicted octanol–water partition coefficient (Wildman–Crippen LogP) is 2.23. The van der Waals surface area contributed by atoms with Crippen molar-refractivity contribution in [1.29, 1.82) is 0 Å². The highest BCUT2D eigenvalue weighted by atomic mass is 32.2. The molecule has 6 nitrogen and oxygen atoms in total. The average molecular weight is 333 g/mol. The van der Waals surface area contributed by atoms with Crippen LogP contribution >= 0.6 is 0 Å². The average Bonchev–Trinajstić information content (AvgIpc) is 3.20. The van der Waals surface area contributed by atoms with Crippen molar-refractivity contribution in [2.24, 2.45) is 0 Å². The van der Waals surface area contributed by atoms with Crippen LogP contribution in [0.5, 0.6) is 0 Å². The monoisotopic (exact) mass is 333 g/mol. The minimum Gasteiger partial charge on any atom is -0.338 e. The lowest BCUT2D eigenvalue weighted by Gasteiger charge is -2.04. The second kappa shape index (κ2) is 5.04. The van der Waals surface area contributed by atoms with E-state index in [0.29, 0.717) is 12.8 Å². The van der Waals surface area contributed by atoms with Crippen molar-refractivity contribution < 1.29 is 26.1 Å². The maximum atomic E-state index is 12.4. The van der Waals surface area contributed by atoms with Gasteiger partial charge in [0.15, 0.2) is 9.84 Å². The predicted molar refractivity (Wildman–Crippen MR) is 68.2 cm³/mol. The normalized spacial score (nSPS) is 16.0. The van der Waals surface area contributed by atoms with Gasteiger partial charge in [-0.1, -0.05) is 5.16 Å². The Morgan fingerprint density at radius 3 is 2.55 bits per heavy atom. The molecule has 1 aliphatic carbocycles. The number of pyridine rings is 1. The molecule has 22 heavy (non-hydrogen) atoms. The van der Waals surface area contributed by atoms with Gasteiger partial charge in [-0.3, -0.25) is 4.98 Å². The van der Waals surface area contributed by atoms with Crippen molar-refractivity contribution in [2.75, 3.05) is 0 Å². The fourth-order valence-electron chi connectivity index (χ4n) is 1.84. The van der Waals surface area contributed by atoms with Crippen LogP contribution in [0, 0.1) is 0 Å². The Hall–Kier alpha value is -1.97. The molecule has 0 amide bonds. The summed E-state index contributed by atoms with van der Waals surface area (Å²) in [5.74, 6) is -0.442. The molecule has 2 heterocycles. The summed E-state index contributed by atoms with van der Waals surface area (Å²) in [6, 6.07) is 1.95. The van der Waals surface area contributed by atoms with Crippen LogP contribution in [0.2, 0.25) is 0 Å². The Balaban J connectivity index is 1.79. The van der Waals surface area contributed by atoms with Crippen molar-refractivity contribution in [1.82, 2.24) is 15.1 Å². The van der Waals surface area contributed by atoms with Gasteiger partial charge in [0, 0.05) is 11.8 Å². The zero-order chi connectivity index (χ0) is 16.0. The Labute approximate surface area is 123 Å². The lowest BCUT2D eigenvalue weighted by atomic mass is 10.2. The number of hydrogen-bond donors (Lipinski definition) is 0. The van der Waals surface area contributed by atoms with E-state index in [4.69, 9.17) is 4.52 Å². The van der Waals surface area contributed by atoms with E-state index in [9.17, 15) is 21.6 Å². The molecule has 2 aromatic heterocycles. The molecular formula is C12H10F3N3O3S. The Morgan fingerprint density at radius 2 is 2.00 bits per heavy atom. The summed E-state index contributed by atoms with van der Waals surface area (Å²) in [4.78, 5) is 7.17. The molecule has 0 N–H and O–H groups in total. The summed E-state index contributed by atoms with van der Waals surface area (Å²) >= 11 is 0. The molecule has 0 aromatic carbocycles. The van der Waals surface area contributed by atoms with Gasteiger partial charge in [-0.25, -0.2) is 8.42 Å². The van der Waals surface area contributed by atoms with Crippen molar-refractivity contribution in [3.05, 3.63) is 29.9 Å². The highest BCUT2D eigenvalue weighted by Crippen LogP contribution is 2.31. The SMILES string of the molecule is O=S(=O)(Cc1nc(-c2ccc(C(F)(F)F)nc2)no1)C1CC1. The summed E-state index contributed by atoms with van der Waals surface area (Å²) in [5.41, 5.74) is -0.817. The fourth-order valence-corrected chi connectivity index (χ4v) is 3.39. The maximum Gasteiger partial charge on any atom is 0.433 e. The van der Waals surface area contributed by atoms with Crippen molar-refractivity contribution in [3.8, 4) is 11.4 Å². The lowest BCUT2D eigenvalue weighted by Crippen LogP contribution is -2.09. The number of halogens is 3. The van der Waals surface area contributed by atoms with E-state index >= 15 is 0 Å². The topological polar surface area (TPSA) is 86.0 Å². The van der Waals surface area contributed by atoms with E-state index < -0.39 is 21.7 Å². The van der Waals surface area contributed by atoms with Crippen molar-refractivity contribution in [3.63, 3.8) is 0 Å². The maximum absolute atomic E-state index is 12.4. The van der Waals surface area contributed by atoms with Gasteiger partial charge in [0.2, 0.25) is 11.7 Å². The molecule has 0 spiro atoms. The number of nitrogens with zero attached hydrogens (tertiary/aromatic N) is 3. The first-order valence-electron chi connectivity index (χ1n) is 6.33. The molecule has 1 saturated carbocycles. The molecule has 0 radical (unpaired) electrons. The van der Waals surface area contributed by atoms with E-state index in [0.717, 1.165) is 18.3 Å². The second-order valence-electron chi connectivity index (χ2n) is 4.95.